The van der Waals surface area contributed by atoms with Gasteiger partial charge in [0.25, 0.3) is 5.56 Å². The van der Waals surface area contributed by atoms with E-state index in [2.05, 4.69) is 30.7 Å². The fourth-order valence-corrected chi connectivity index (χ4v) is 8.52. The molecule has 4 heterocycles. The molecule has 244 valence electrons. The lowest BCUT2D eigenvalue weighted by Crippen LogP contribution is -2.59. The Morgan fingerprint density at radius 3 is 2.67 bits per heavy atom. The van der Waals surface area contributed by atoms with Crippen molar-refractivity contribution in [2.45, 2.75) is 78.5 Å². The van der Waals surface area contributed by atoms with Crippen LogP contribution in [0.15, 0.2) is 34.4 Å². The van der Waals surface area contributed by atoms with Gasteiger partial charge in [0, 0.05) is 63.9 Å². The Balaban J connectivity index is 1.25. The van der Waals surface area contributed by atoms with Gasteiger partial charge in [-0.15, -0.1) is 11.3 Å². The van der Waals surface area contributed by atoms with E-state index in [9.17, 15) is 14.7 Å². The minimum atomic E-state index is -1.02. The van der Waals surface area contributed by atoms with Gasteiger partial charge in [-0.1, -0.05) is 25.4 Å². The van der Waals surface area contributed by atoms with Crippen molar-refractivity contribution in [2.24, 2.45) is 5.41 Å². The smallest absolute Gasteiger partial charge is 0.338 e. The molecule has 4 aromatic rings. The highest BCUT2D eigenvalue weighted by Gasteiger charge is 2.44. The number of carboxylic acid groups (broad SMARTS) is 1. The van der Waals surface area contributed by atoms with Gasteiger partial charge in [0.2, 0.25) is 0 Å². The number of aryl methyl sites for hydroxylation is 3. The molecule has 1 saturated heterocycles. The number of aromatic nitrogens is 3. The number of pyridine rings is 1. The molecule has 1 N–H and O–H groups in total. The average molecular weight is 665 g/mol. The van der Waals surface area contributed by atoms with Gasteiger partial charge < -0.3 is 14.6 Å². The number of nitrogens with zero attached hydrogens (tertiary/aromatic N) is 4. The number of halogens is 1. The summed E-state index contributed by atoms with van der Waals surface area (Å²) >= 11 is 7.77. The predicted molar refractivity (Wildman–Crippen MR) is 182 cm³/mol. The summed E-state index contributed by atoms with van der Waals surface area (Å²) in [5.74, 6) is 0.255. The maximum Gasteiger partial charge on any atom is 0.338 e. The Bertz CT molecular complexity index is 1890. The second kappa shape index (κ2) is 12.4. The fraction of sp³-hybridized carbons (Fsp3) is 0.486. The summed E-state index contributed by atoms with van der Waals surface area (Å²) in [6.07, 6.45) is 3.62. The number of benzene rings is 1. The lowest BCUT2D eigenvalue weighted by atomic mass is 9.75. The molecule has 0 spiro atoms. The number of hydrogen-bond donors (Lipinski definition) is 1. The van der Waals surface area contributed by atoms with E-state index in [0.29, 0.717) is 40.8 Å². The van der Waals surface area contributed by atoms with Crippen LogP contribution in [0.25, 0.3) is 21.3 Å². The van der Waals surface area contributed by atoms with Gasteiger partial charge in [-0.3, -0.25) is 19.2 Å². The van der Waals surface area contributed by atoms with Crippen LogP contribution in [-0.4, -0.2) is 69.0 Å². The molecule has 2 atom stereocenters. The van der Waals surface area contributed by atoms with Crippen molar-refractivity contribution in [3.05, 3.63) is 73.4 Å². The van der Waals surface area contributed by atoms with Crippen LogP contribution >= 0.6 is 22.9 Å². The molecule has 1 fully saturated rings. The molecular formula is C35H41ClN4O5S. The first kappa shape index (κ1) is 32.6. The molecule has 0 bridgehead atoms. The number of rotatable bonds is 8. The monoisotopic (exact) mass is 664 g/mol. The molecule has 0 radical (unpaired) electrons. The van der Waals surface area contributed by atoms with Gasteiger partial charge in [0.15, 0.2) is 0 Å². The lowest BCUT2D eigenvalue weighted by molar-refractivity contribution is -0.0814. The van der Waals surface area contributed by atoms with Crippen LogP contribution in [0.3, 0.4) is 0 Å². The molecule has 0 unspecified atom stereocenters. The summed E-state index contributed by atoms with van der Waals surface area (Å²) in [7, 11) is 1.80. The standard InChI is InChI=1S/C35H41ClN4O5S/c1-20-15-24(31-30(37-20)26(18-46-31)33(42)43)23-16-22(36)7-8-28(23)45-14-13-40-21(2)38-27-9-11-35(5,17-25(27)32(40)41)39-12-10-29(44-6)34(3,4)19-39/h7-8,15-16,18,29H,9-14,17,19H2,1-6H3,(H,42,43)/t29-,35-/m1/s1. The van der Waals surface area contributed by atoms with Gasteiger partial charge in [-0.2, -0.15) is 0 Å². The van der Waals surface area contributed by atoms with Crippen LogP contribution < -0.4 is 10.3 Å². The first-order valence-corrected chi connectivity index (χ1v) is 17.0. The van der Waals surface area contributed by atoms with Gasteiger partial charge in [0.1, 0.15) is 18.2 Å². The van der Waals surface area contributed by atoms with E-state index in [0.717, 1.165) is 59.4 Å². The second-order valence-corrected chi connectivity index (χ2v) is 14.9. The van der Waals surface area contributed by atoms with Crippen molar-refractivity contribution >= 4 is 39.1 Å². The third kappa shape index (κ3) is 5.96. The van der Waals surface area contributed by atoms with Gasteiger partial charge in [-0.25, -0.2) is 9.78 Å². The minimum Gasteiger partial charge on any atom is -0.491 e. The maximum atomic E-state index is 14.0. The van der Waals surface area contributed by atoms with E-state index in [1.165, 1.54) is 11.3 Å². The third-order valence-corrected chi connectivity index (χ3v) is 11.1. The highest BCUT2D eigenvalue weighted by atomic mass is 35.5. The molecule has 1 aliphatic heterocycles. The largest absolute Gasteiger partial charge is 0.491 e. The molecule has 0 amide bonds. The molecule has 0 saturated carbocycles. The van der Waals surface area contributed by atoms with Crippen LogP contribution in [0.1, 0.15) is 66.7 Å². The van der Waals surface area contributed by atoms with Gasteiger partial charge in [0.05, 0.1) is 34.1 Å². The number of ether oxygens (including phenoxy) is 2. The van der Waals surface area contributed by atoms with Crippen LogP contribution in [-0.2, 0) is 24.1 Å². The molecule has 1 aliphatic carbocycles. The predicted octanol–water partition coefficient (Wildman–Crippen LogP) is 6.56. The van der Waals surface area contributed by atoms with Gasteiger partial charge >= 0.3 is 5.97 Å². The van der Waals surface area contributed by atoms with E-state index in [4.69, 9.17) is 26.1 Å². The van der Waals surface area contributed by atoms with Crippen LogP contribution in [0, 0.1) is 19.3 Å². The summed E-state index contributed by atoms with van der Waals surface area (Å²) < 4.78 is 14.6. The molecular weight excluding hydrogens is 624 g/mol. The molecule has 9 nitrogen and oxygen atoms in total. The lowest BCUT2D eigenvalue weighted by Gasteiger charge is -2.52. The van der Waals surface area contributed by atoms with Crippen LogP contribution in [0.2, 0.25) is 5.02 Å². The van der Waals surface area contributed by atoms with Crippen molar-refractivity contribution in [3.63, 3.8) is 0 Å². The molecule has 46 heavy (non-hydrogen) atoms. The number of hydrogen-bond acceptors (Lipinski definition) is 8. The molecule has 11 heteroatoms. The summed E-state index contributed by atoms with van der Waals surface area (Å²) in [4.78, 5) is 37.8. The first-order valence-electron chi connectivity index (χ1n) is 15.7. The quantitative estimate of drug-likeness (QED) is 0.226. The van der Waals surface area contributed by atoms with Crippen molar-refractivity contribution < 1.29 is 19.4 Å². The Labute approximate surface area is 278 Å². The van der Waals surface area contributed by atoms with Crippen LogP contribution in [0.5, 0.6) is 5.75 Å². The number of methoxy groups -OCH3 is 1. The number of likely N-dealkylation sites (tertiary alicyclic amines) is 1. The molecule has 3 aromatic heterocycles. The van der Waals surface area contributed by atoms with E-state index < -0.39 is 5.97 Å². The highest BCUT2D eigenvalue weighted by Crippen LogP contribution is 2.41. The Morgan fingerprint density at radius 1 is 1.17 bits per heavy atom. The third-order valence-electron chi connectivity index (χ3n) is 9.86. The Kier molecular flexibility index (Phi) is 8.78. The molecule has 1 aromatic carbocycles. The maximum absolute atomic E-state index is 14.0. The zero-order chi connectivity index (χ0) is 33.0. The number of aromatic carboxylic acids is 1. The number of fused-ring (bicyclic) bond motifs is 2. The second-order valence-electron chi connectivity index (χ2n) is 13.6. The Hall–Kier alpha value is -3.31. The molecule has 6 rings (SSSR count). The average Bonchev–Trinajstić information content (AvgIpc) is 3.43. The van der Waals surface area contributed by atoms with Crippen molar-refractivity contribution in [3.8, 4) is 16.9 Å². The molecule has 2 aliphatic rings. The zero-order valence-corrected chi connectivity index (χ0v) is 28.8. The summed E-state index contributed by atoms with van der Waals surface area (Å²) in [6.45, 7) is 13.0. The van der Waals surface area contributed by atoms with Crippen molar-refractivity contribution in [2.75, 3.05) is 26.8 Å². The van der Waals surface area contributed by atoms with E-state index in [1.807, 2.05) is 32.0 Å². The van der Waals surface area contributed by atoms with Crippen molar-refractivity contribution in [1.29, 1.82) is 0 Å². The van der Waals surface area contributed by atoms with Gasteiger partial charge in [-0.05, 0) is 70.7 Å². The topological polar surface area (TPSA) is 107 Å². The normalized spacial score (nSPS) is 21.3. The Morgan fingerprint density at radius 2 is 1.96 bits per heavy atom. The number of carboxylic acids is 1. The summed E-state index contributed by atoms with van der Waals surface area (Å²) in [6, 6.07) is 7.31. The summed E-state index contributed by atoms with van der Waals surface area (Å²) in [5, 5.41) is 11.8. The van der Waals surface area contributed by atoms with E-state index in [-0.39, 0.29) is 34.8 Å². The number of carbonyl (C=O) groups is 1. The van der Waals surface area contributed by atoms with E-state index in [1.54, 1.807) is 23.1 Å². The number of thiophene rings is 1. The SMILES string of the molecule is CO[C@@H]1CCN([C@]2(C)CCc3nc(C)n(CCOc4ccc(Cl)cc4-c4cc(C)nc5c(C(=O)O)csc45)c(=O)c3C2)CC1(C)C. The van der Waals surface area contributed by atoms with Crippen molar-refractivity contribution in [1.82, 2.24) is 19.4 Å². The van der Waals surface area contributed by atoms with Crippen LogP contribution in [0.4, 0.5) is 0 Å². The summed E-state index contributed by atoms with van der Waals surface area (Å²) in [5.41, 5.74) is 4.48. The highest BCUT2D eigenvalue weighted by molar-refractivity contribution is 7.18. The fourth-order valence-electron chi connectivity index (χ4n) is 7.34. The minimum absolute atomic E-state index is 0.00523. The zero-order valence-electron chi connectivity index (χ0n) is 27.3. The number of piperidine rings is 1. The first-order chi connectivity index (χ1) is 21.8. The van der Waals surface area contributed by atoms with E-state index >= 15 is 0 Å².